The van der Waals surface area contributed by atoms with Crippen LogP contribution in [0.5, 0.6) is 0 Å². The summed E-state index contributed by atoms with van der Waals surface area (Å²) in [6, 6.07) is 7.63. The molecule has 3 heteroatoms. The van der Waals surface area contributed by atoms with E-state index in [4.69, 9.17) is 11.6 Å². The molecule has 0 spiro atoms. The van der Waals surface area contributed by atoms with Crippen molar-refractivity contribution in [3.8, 4) is 0 Å². The molecule has 1 aromatic heterocycles. The number of Topliss-reactive ketones (excluding diaryl/α,β-unsaturated/α-hetero) is 1. The van der Waals surface area contributed by atoms with E-state index in [9.17, 15) is 4.79 Å². The normalized spacial score (nSPS) is 10.7. The molecule has 0 aliphatic carbocycles. The summed E-state index contributed by atoms with van der Waals surface area (Å²) in [7, 11) is 0. The summed E-state index contributed by atoms with van der Waals surface area (Å²) >= 11 is 6.01. The third-order valence-corrected chi connectivity index (χ3v) is 2.48. The average molecular weight is 208 g/mol. The molecule has 1 aromatic carbocycles. The van der Waals surface area contributed by atoms with Gasteiger partial charge in [-0.05, 0) is 25.1 Å². The van der Waals surface area contributed by atoms with Gasteiger partial charge in [-0.1, -0.05) is 17.7 Å². The van der Waals surface area contributed by atoms with Crippen LogP contribution in [-0.2, 0) is 11.3 Å². The zero-order chi connectivity index (χ0) is 10.1. The molecule has 0 saturated heterocycles. The fraction of sp³-hybridized carbons (Fsp3) is 0.182. The lowest BCUT2D eigenvalue weighted by atomic mass is 10.2. The van der Waals surface area contributed by atoms with Crippen molar-refractivity contribution in [3.05, 3.63) is 35.5 Å². The van der Waals surface area contributed by atoms with Gasteiger partial charge in [0, 0.05) is 22.1 Å². The lowest BCUT2D eigenvalue weighted by Crippen LogP contribution is -2.04. The van der Waals surface area contributed by atoms with Gasteiger partial charge in [-0.3, -0.25) is 4.79 Å². The van der Waals surface area contributed by atoms with E-state index in [2.05, 4.69) is 0 Å². The topological polar surface area (TPSA) is 22.0 Å². The number of nitrogens with zero attached hydrogens (tertiary/aromatic N) is 1. The van der Waals surface area contributed by atoms with E-state index in [1.54, 1.807) is 6.92 Å². The summed E-state index contributed by atoms with van der Waals surface area (Å²) < 4.78 is 1.91. The van der Waals surface area contributed by atoms with Crippen LogP contribution in [0.3, 0.4) is 0 Å². The van der Waals surface area contributed by atoms with Crippen LogP contribution >= 0.6 is 11.6 Å². The number of carbonyl (C=O) groups is 1. The third kappa shape index (κ3) is 1.53. The highest BCUT2D eigenvalue weighted by Gasteiger charge is 2.04. The van der Waals surface area contributed by atoms with Crippen molar-refractivity contribution >= 4 is 28.3 Å². The van der Waals surface area contributed by atoms with Gasteiger partial charge in [-0.15, -0.1) is 0 Å². The second kappa shape index (κ2) is 3.46. The molecule has 72 valence electrons. The van der Waals surface area contributed by atoms with E-state index in [0.29, 0.717) is 6.54 Å². The number of aromatic nitrogens is 1. The van der Waals surface area contributed by atoms with Crippen molar-refractivity contribution in [3.63, 3.8) is 0 Å². The van der Waals surface area contributed by atoms with Gasteiger partial charge in [0.05, 0.1) is 6.54 Å². The Bertz CT molecular complexity index is 487. The Balaban J connectivity index is 2.58. The Hall–Kier alpha value is -1.28. The maximum atomic E-state index is 11.0. The summed E-state index contributed by atoms with van der Waals surface area (Å²) in [6.45, 7) is 1.99. The van der Waals surface area contributed by atoms with E-state index < -0.39 is 0 Å². The molecule has 0 N–H and O–H groups in total. The summed E-state index contributed by atoms with van der Waals surface area (Å²) in [5.41, 5.74) is 1.01. The van der Waals surface area contributed by atoms with Crippen LogP contribution in [-0.4, -0.2) is 10.4 Å². The third-order valence-electron chi connectivity index (χ3n) is 2.15. The van der Waals surface area contributed by atoms with Crippen LogP contribution in [0.25, 0.3) is 10.9 Å². The first-order valence-electron chi connectivity index (χ1n) is 4.41. The van der Waals surface area contributed by atoms with Crippen molar-refractivity contribution < 1.29 is 4.79 Å². The second-order valence-electron chi connectivity index (χ2n) is 3.32. The second-order valence-corrected chi connectivity index (χ2v) is 3.73. The Morgan fingerprint density at radius 1 is 1.43 bits per heavy atom. The van der Waals surface area contributed by atoms with Gasteiger partial charge in [0.2, 0.25) is 0 Å². The van der Waals surface area contributed by atoms with Crippen LogP contribution in [0.4, 0.5) is 0 Å². The van der Waals surface area contributed by atoms with Gasteiger partial charge in [0.25, 0.3) is 0 Å². The predicted molar refractivity (Wildman–Crippen MR) is 57.6 cm³/mol. The van der Waals surface area contributed by atoms with Gasteiger partial charge in [-0.25, -0.2) is 0 Å². The first kappa shape index (κ1) is 9.28. The fourth-order valence-corrected chi connectivity index (χ4v) is 1.80. The van der Waals surface area contributed by atoms with Gasteiger partial charge in [0.15, 0.2) is 0 Å². The number of fused-ring (bicyclic) bond motifs is 1. The maximum absolute atomic E-state index is 11.0. The van der Waals surface area contributed by atoms with Crippen LogP contribution < -0.4 is 0 Å². The summed E-state index contributed by atoms with van der Waals surface area (Å²) in [4.78, 5) is 11.0. The smallest absolute Gasteiger partial charge is 0.149 e. The Morgan fingerprint density at radius 3 is 2.93 bits per heavy atom. The minimum atomic E-state index is 0.141. The highest BCUT2D eigenvalue weighted by atomic mass is 35.5. The number of hydrogen-bond donors (Lipinski definition) is 0. The van der Waals surface area contributed by atoms with E-state index >= 15 is 0 Å². The van der Waals surface area contributed by atoms with E-state index in [0.717, 1.165) is 15.9 Å². The Labute approximate surface area is 87.1 Å². The average Bonchev–Trinajstić information content (AvgIpc) is 2.49. The standard InChI is InChI=1S/C11H10ClNO/c1-8(14)7-13-6-5-9-10(12)3-2-4-11(9)13/h2-6H,7H2,1H3. The van der Waals surface area contributed by atoms with Crippen LogP contribution in [0.1, 0.15) is 6.92 Å². The molecule has 0 unspecified atom stereocenters. The molecule has 0 saturated carbocycles. The lowest BCUT2D eigenvalue weighted by molar-refractivity contribution is -0.117. The molecule has 0 amide bonds. The zero-order valence-electron chi connectivity index (χ0n) is 7.83. The largest absolute Gasteiger partial charge is 0.340 e. The number of carbonyl (C=O) groups excluding carboxylic acids is 1. The summed E-state index contributed by atoms with van der Waals surface area (Å²) in [5, 5.41) is 1.72. The molecular formula is C11H10ClNO. The van der Waals surface area contributed by atoms with Crippen molar-refractivity contribution in [2.45, 2.75) is 13.5 Å². The van der Waals surface area contributed by atoms with Crippen molar-refractivity contribution in [1.82, 2.24) is 4.57 Å². The molecular weight excluding hydrogens is 198 g/mol. The SMILES string of the molecule is CC(=O)Cn1ccc2c(Cl)cccc21. The van der Waals surface area contributed by atoms with Crippen molar-refractivity contribution in [2.75, 3.05) is 0 Å². The fourth-order valence-electron chi connectivity index (χ4n) is 1.56. The Kier molecular flexibility index (Phi) is 2.30. The molecule has 0 fully saturated rings. The predicted octanol–water partition coefficient (Wildman–Crippen LogP) is 2.88. The summed E-state index contributed by atoms with van der Waals surface area (Å²) in [5.74, 6) is 0.141. The van der Waals surface area contributed by atoms with Gasteiger partial charge in [0.1, 0.15) is 5.78 Å². The monoisotopic (exact) mass is 207 g/mol. The molecule has 2 aromatic rings. The minimum Gasteiger partial charge on any atom is -0.340 e. The van der Waals surface area contributed by atoms with Crippen LogP contribution in [0, 0.1) is 0 Å². The number of hydrogen-bond acceptors (Lipinski definition) is 1. The highest BCUT2D eigenvalue weighted by Crippen LogP contribution is 2.23. The molecule has 0 bridgehead atoms. The van der Waals surface area contributed by atoms with Crippen LogP contribution in [0.15, 0.2) is 30.5 Å². The highest BCUT2D eigenvalue weighted by molar-refractivity contribution is 6.35. The quantitative estimate of drug-likeness (QED) is 0.742. The van der Waals surface area contributed by atoms with Crippen LogP contribution in [0.2, 0.25) is 5.02 Å². The number of ketones is 1. The van der Waals surface area contributed by atoms with Gasteiger partial charge < -0.3 is 4.57 Å². The van der Waals surface area contributed by atoms with Crippen molar-refractivity contribution in [1.29, 1.82) is 0 Å². The molecule has 14 heavy (non-hydrogen) atoms. The molecule has 0 radical (unpaired) electrons. The minimum absolute atomic E-state index is 0.141. The van der Waals surface area contributed by atoms with Gasteiger partial charge >= 0.3 is 0 Å². The molecule has 0 aliphatic heterocycles. The van der Waals surface area contributed by atoms with E-state index in [1.807, 2.05) is 35.0 Å². The number of benzene rings is 1. The number of halogens is 1. The zero-order valence-corrected chi connectivity index (χ0v) is 8.58. The van der Waals surface area contributed by atoms with E-state index in [1.165, 1.54) is 0 Å². The molecule has 2 rings (SSSR count). The Morgan fingerprint density at radius 2 is 2.21 bits per heavy atom. The summed E-state index contributed by atoms with van der Waals surface area (Å²) in [6.07, 6.45) is 1.89. The van der Waals surface area contributed by atoms with Gasteiger partial charge in [-0.2, -0.15) is 0 Å². The maximum Gasteiger partial charge on any atom is 0.149 e. The molecule has 2 nitrogen and oxygen atoms in total. The molecule has 0 aliphatic rings. The number of rotatable bonds is 2. The molecule has 1 heterocycles. The molecule has 0 atom stereocenters. The van der Waals surface area contributed by atoms with Crippen molar-refractivity contribution in [2.24, 2.45) is 0 Å². The lowest BCUT2D eigenvalue weighted by Gasteiger charge is -2.01. The first-order chi connectivity index (χ1) is 6.68. The first-order valence-corrected chi connectivity index (χ1v) is 4.79. The van der Waals surface area contributed by atoms with E-state index in [-0.39, 0.29) is 5.78 Å².